The van der Waals surface area contributed by atoms with E-state index in [-0.39, 0.29) is 23.0 Å². The van der Waals surface area contributed by atoms with Crippen molar-refractivity contribution < 1.29 is 4.79 Å². The first-order chi connectivity index (χ1) is 15.4. The third-order valence-electron chi connectivity index (χ3n) is 6.03. The summed E-state index contributed by atoms with van der Waals surface area (Å²) < 4.78 is 2.09. The Balaban J connectivity index is 1.39. The number of anilines is 4. The number of piperazine rings is 1. The second-order valence-electron chi connectivity index (χ2n) is 8.01. The zero-order valence-electron chi connectivity index (χ0n) is 17.7. The quantitative estimate of drug-likeness (QED) is 0.492. The van der Waals surface area contributed by atoms with Gasteiger partial charge in [-0.2, -0.15) is 5.26 Å². The third-order valence-corrected chi connectivity index (χ3v) is 6.43. The maximum Gasteiger partial charge on any atom is 0.271 e. The van der Waals surface area contributed by atoms with Crippen LogP contribution in [-0.2, 0) is 0 Å². The van der Waals surface area contributed by atoms with E-state index in [1.807, 2.05) is 24.3 Å². The fraction of sp³-hybridized carbons (Fsp3) is 0.429. The van der Waals surface area contributed by atoms with Gasteiger partial charge in [-0.25, -0.2) is 9.97 Å². The maximum absolute atomic E-state index is 11.7. The van der Waals surface area contributed by atoms with Crippen LogP contribution in [0.25, 0.3) is 0 Å². The molecule has 168 valence electrons. The normalized spacial score (nSPS) is 18.3. The van der Waals surface area contributed by atoms with E-state index < -0.39 is 5.91 Å². The summed E-state index contributed by atoms with van der Waals surface area (Å²) in [4.78, 5) is 24.7. The van der Waals surface area contributed by atoms with Crippen LogP contribution in [0.3, 0.4) is 0 Å². The van der Waals surface area contributed by atoms with Gasteiger partial charge in [-0.1, -0.05) is 12.8 Å². The molecular formula is C21H27N9OS. The van der Waals surface area contributed by atoms with Gasteiger partial charge in [0.1, 0.15) is 6.07 Å². The SMILES string of the molecule is N#Cc1nc(C(N)=O)c(Nc2ccc(N3CCC(N4CCN(S)CC4)CC3)cc2)nc1N. The van der Waals surface area contributed by atoms with Gasteiger partial charge in [-0.15, -0.1) is 0 Å². The Labute approximate surface area is 192 Å². The van der Waals surface area contributed by atoms with Gasteiger partial charge < -0.3 is 21.7 Å². The highest BCUT2D eigenvalue weighted by Crippen LogP contribution is 2.26. The number of nitriles is 1. The van der Waals surface area contributed by atoms with Crippen LogP contribution in [0.15, 0.2) is 24.3 Å². The summed E-state index contributed by atoms with van der Waals surface area (Å²) in [5.41, 5.74) is 12.7. The number of hydrogen-bond donors (Lipinski definition) is 4. The number of aromatic nitrogens is 2. The minimum absolute atomic E-state index is 0.0599. The van der Waals surface area contributed by atoms with Crippen molar-refractivity contribution in [2.24, 2.45) is 5.73 Å². The highest BCUT2D eigenvalue weighted by Gasteiger charge is 2.27. The molecule has 2 aliphatic rings. The van der Waals surface area contributed by atoms with Crippen LogP contribution in [0.4, 0.5) is 23.0 Å². The fourth-order valence-corrected chi connectivity index (χ4v) is 4.43. The van der Waals surface area contributed by atoms with Crippen molar-refractivity contribution in [3.05, 3.63) is 35.7 Å². The van der Waals surface area contributed by atoms with E-state index in [2.05, 4.69) is 42.2 Å². The maximum atomic E-state index is 11.7. The second-order valence-corrected chi connectivity index (χ2v) is 8.58. The topological polar surface area (TPSA) is 140 Å². The number of rotatable bonds is 5. The van der Waals surface area contributed by atoms with Gasteiger partial charge in [0, 0.05) is 56.7 Å². The van der Waals surface area contributed by atoms with Crippen molar-refractivity contribution in [1.82, 2.24) is 19.2 Å². The number of benzene rings is 1. The van der Waals surface area contributed by atoms with E-state index in [0.717, 1.165) is 57.8 Å². The van der Waals surface area contributed by atoms with E-state index >= 15 is 0 Å². The Kier molecular flexibility index (Phi) is 6.64. The number of piperidine rings is 1. The number of nitrogens with one attached hydrogen (secondary N) is 1. The van der Waals surface area contributed by atoms with Crippen molar-refractivity contribution in [1.29, 1.82) is 5.26 Å². The van der Waals surface area contributed by atoms with E-state index in [1.54, 1.807) is 6.07 Å². The summed E-state index contributed by atoms with van der Waals surface area (Å²) >= 11 is 4.44. The molecule has 2 aromatic rings. The minimum atomic E-state index is -0.785. The molecule has 2 saturated heterocycles. The van der Waals surface area contributed by atoms with Crippen LogP contribution in [0, 0.1) is 11.3 Å². The second kappa shape index (κ2) is 9.60. The molecule has 0 bridgehead atoms. The van der Waals surface area contributed by atoms with E-state index in [0.29, 0.717) is 11.7 Å². The Morgan fingerprint density at radius 2 is 1.75 bits per heavy atom. The van der Waals surface area contributed by atoms with Gasteiger partial charge in [0.2, 0.25) is 0 Å². The monoisotopic (exact) mass is 453 g/mol. The van der Waals surface area contributed by atoms with Gasteiger partial charge in [-0.3, -0.25) is 14.0 Å². The lowest BCUT2D eigenvalue weighted by Crippen LogP contribution is -2.51. The zero-order valence-corrected chi connectivity index (χ0v) is 18.6. The molecule has 1 amide bonds. The number of nitrogens with two attached hydrogens (primary N) is 2. The Morgan fingerprint density at radius 1 is 1.09 bits per heavy atom. The number of primary amides is 1. The molecule has 2 fully saturated rings. The molecule has 4 rings (SSSR count). The zero-order chi connectivity index (χ0) is 22.7. The van der Waals surface area contributed by atoms with E-state index in [4.69, 9.17) is 16.7 Å². The Bertz CT molecular complexity index is 1010. The summed E-state index contributed by atoms with van der Waals surface area (Å²) in [6.45, 7) is 6.24. The largest absolute Gasteiger partial charge is 0.381 e. The predicted molar refractivity (Wildman–Crippen MR) is 127 cm³/mol. The standard InChI is InChI=1S/C21H27N9OS/c22-13-17-19(23)27-21(18(26-17)20(24)31)25-14-1-3-15(4-2-14)28-7-5-16(6-8-28)29-9-11-30(32)12-10-29/h1-4,16,32H,5-12H2,(H2,24,31)(H3,23,25,27). The van der Waals surface area contributed by atoms with Gasteiger partial charge in [0.15, 0.2) is 23.0 Å². The number of carbonyl (C=O) groups excluding carboxylic acids is 1. The molecule has 0 aliphatic carbocycles. The molecule has 2 aliphatic heterocycles. The average Bonchev–Trinajstić information content (AvgIpc) is 2.80. The predicted octanol–water partition coefficient (Wildman–Crippen LogP) is 1.20. The lowest BCUT2D eigenvalue weighted by Gasteiger charge is -2.42. The number of amides is 1. The van der Waals surface area contributed by atoms with Gasteiger partial charge in [-0.05, 0) is 37.1 Å². The molecule has 3 heterocycles. The van der Waals surface area contributed by atoms with E-state index in [9.17, 15) is 4.79 Å². The molecule has 1 aromatic carbocycles. The van der Waals surface area contributed by atoms with E-state index in [1.165, 1.54) is 0 Å². The summed E-state index contributed by atoms with van der Waals surface area (Å²) in [7, 11) is 0. The molecule has 0 radical (unpaired) electrons. The Morgan fingerprint density at radius 3 is 2.34 bits per heavy atom. The van der Waals surface area contributed by atoms with Crippen molar-refractivity contribution in [3.63, 3.8) is 0 Å². The van der Waals surface area contributed by atoms with Crippen LogP contribution >= 0.6 is 12.8 Å². The van der Waals surface area contributed by atoms with Crippen LogP contribution in [-0.4, -0.2) is 70.4 Å². The molecule has 0 unspecified atom stereocenters. The molecule has 11 heteroatoms. The average molecular weight is 454 g/mol. The van der Waals surface area contributed by atoms with Crippen LogP contribution in [0.5, 0.6) is 0 Å². The van der Waals surface area contributed by atoms with Crippen molar-refractivity contribution in [2.45, 2.75) is 18.9 Å². The van der Waals surface area contributed by atoms with Crippen LogP contribution in [0.1, 0.15) is 29.0 Å². The summed E-state index contributed by atoms with van der Waals surface area (Å²) in [6.07, 6.45) is 2.29. The van der Waals surface area contributed by atoms with Crippen molar-refractivity contribution in [2.75, 3.05) is 55.2 Å². The molecule has 32 heavy (non-hydrogen) atoms. The summed E-state index contributed by atoms with van der Waals surface area (Å²) in [6, 6.07) is 10.3. The first kappa shape index (κ1) is 22.1. The lowest BCUT2D eigenvalue weighted by atomic mass is 10.0. The van der Waals surface area contributed by atoms with Crippen molar-refractivity contribution in [3.8, 4) is 6.07 Å². The first-order valence-corrected chi connectivity index (χ1v) is 11.0. The minimum Gasteiger partial charge on any atom is -0.381 e. The third kappa shape index (κ3) is 4.88. The molecule has 5 N–H and O–H groups in total. The number of nitrogen functional groups attached to an aromatic ring is 1. The molecule has 0 spiro atoms. The number of thiol groups is 1. The highest BCUT2D eigenvalue weighted by atomic mass is 32.1. The van der Waals surface area contributed by atoms with Gasteiger partial charge in [0.05, 0.1) is 0 Å². The summed E-state index contributed by atoms with van der Waals surface area (Å²) in [5, 5.41) is 12.1. The van der Waals surface area contributed by atoms with Crippen LogP contribution < -0.4 is 21.7 Å². The molecule has 0 saturated carbocycles. The molecule has 0 atom stereocenters. The highest BCUT2D eigenvalue weighted by molar-refractivity contribution is 7.77. The fourth-order valence-electron chi connectivity index (χ4n) is 4.25. The first-order valence-electron chi connectivity index (χ1n) is 10.6. The number of hydrogen-bond acceptors (Lipinski definition) is 10. The number of nitrogens with zero attached hydrogens (tertiary/aromatic N) is 6. The summed E-state index contributed by atoms with van der Waals surface area (Å²) in [5.74, 6) is -0.717. The van der Waals surface area contributed by atoms with Gasteiger partial charge >= 0.3 is 0 Å². The molecule has 1 aromatic heterocycles. The smallest absolute Gasteiger partial charge is 0.271 e. The lowest BCUT2D eigenvalue weighted by molar-refractivity contribution is 0.0996. The van der Waals surface area contributed by atoms with Crippen molar-refractivity contribution >= 4 is 41.7 Å². The molecular weight excluding hydrogens is 426 g/mol. The number of carbonyl (C=O) groups is 1. The van der Waals surface area contributed by atoms with Crippen LogP contribution in [0.2, 0.25) is 0 Å². The van der Waals surface area contributed by atoms with Gasteiger partial charge in [0.25, 0.3) is 5.91 Å². The molecule has 10 nitrogen and oxygen atoms in total. The Hall–Kier alpha value is -3.07.